The van der Waals surface area contributed by atoms with Gasteiger partial charge in [-0.3, -0.25) is 14.5 Å². The number of nitrogens with zero attached hydrogens (tertiary/aromatic N) is 2. The molecule has 8 nitrogen and oxygen atoms in total. The third kappa shape index (κ3) is 2.57. The first-order chi connectivity index (χ1) is 9.99. The van der Waals surface area contributed by atoms with Crippen LogP contribution in [-0.2, 0) is 14.4 Å². The van der Waals surface area contributed by atoms with Crippen LogP contribution < -0.4 is 5.32 Å². The fourth-order valence-corrected chi connectivity index (χ4v) is 4.26. The van der Waals surface area contributed by atoms with Crippen molar-refractivity contribution in [2.45, 2.75) is 24.3 Å². The van der Waals surface area contributed by atoms with Gasteiger partial charge < -0.3 is 15.3 Å². The SMILES string of the molecule is O=C(O)C1CSC(C2CC2)N1C(=O)CN1C(=O)CNC1=O. The maximum absolute atomic E-state index is 12.4. The molecule has 0 radical (unpaired) electrons. The van der Waals surface area contributed by atoms with Crippen molar-refractivity contribution in [3.05, 3.63) is 0 Å². The number of rotatable bonds is 4. The lowest BCUT2D eigenvalue weighted by Gasteiger charge is -2.28. The molecule has 9 heteroatoms. The highest BCUT2D eigenvalue weighted by Crippen LogP contribution is 2.45. The number of urea groups is 1. The predicted octanol–water partition coefficient (Wildman–Crippen LogP) is -0.697. The number of carbonyl (C=O) groups is 4. The Morgan fingerprint density at radius 2 is 2.05 bits per heavy atom. The second kappa shape index (κ2) is 5.21. The molecule has 3 aliphatic rings. The molecule has 21 heavy (non-hydrogen) atoms. The second-order valence-electron chi connectivity index (χ2n) is 5.35. The van der Waals surface area contributed by atoms with Gasteiger partial charge in [0.25, 0.3) is 5.91 Å². The number of aliphatic carboxylic acids is 1. The Morgan fingerprint density at radius 3 is 2.57 bits per heavy atom. The van der Waals surface area contributed by atoms with Crippen molar-refractivity contribution in [3.8, 4) is 0 Å². The first-order valence-corrected chi connectivity index (χ1v) is 7.77. The van der Waals surface area contributed by atoms with Gasteiger partial charge in [-0.15, -0.1) is 11.8 Å². The van der Waals surface area contributed by atoms with Crippen LogP contribution in [0.2, 0.25) is 0 Å². The van der Waals surface area contributed by atoms with Crippen LogP contribution in [0.4, 0.5) is 4.79 Å². The van der Waals surface area contributed by atoms with Crippen LogP contribution in [0.15, 0.2) is 0 Å². The maximum atomic E-state index is 12.4. The zero-order chi connectivity index (χ0) is 15.1. The predicted molar refractivity (Wildman–Crippen MR) is 72.4 cm³/mol. The summed E-state index contributed by atoms with van der Waals surface area (Å²) in [6.45, 7) is -0.506. The van der Waals surface area contributed by atoms with Gasteiger partial charge in [0.1, 0.15) is 12.6 Å². The van der Waals surface area contributed by atoms with E-state index >= 15 is 0 Å². The standard InChI is InChI=1S/C12H15N3O5S/c16-8-3-13-12(20)14(8)4-9(17)15-7(11(18)19)5-21-10(15)6-1-2-6/h6-7,10H,1-5H2,(H,13,20)(H,18,19). The van der Waals surface area contributed by atoms with Crippen LogP contribution in [0, 0.1) is 5.92 Å². The van der Waals surface area contributed by atoms with Crippen molar-refractivity contribution >= 4 is 35.6 Å². The molecule has 2 unspecified atom stereocenters. The van der Waals surface area contributed by atoms with Gasteiger partial charge in [0.05, 0.1) is 11.9 Å². The lowest BCUT2D eigenvalue weighted by Crippen LogP contribution is -2.51. The molecule has 3 fully saturated rings. The zero-order valence-electron chi connectivity index (χ0n) is 11.2. The molecule has 2 N–H and O–H groups in total. The minimum Gasteiger partial charge on any atom is -0.480 e. The van der Waals surface area contributed by atoms with E-state index in [0.29, 0.717) is 11.7 Å². The first kappa shape index (κ1) is 14.2. The summed E-state index contributed by atoms with van der Waals surface area (Å²) >= 11 is 1.47. The lowest BCUT2D eigenvalue weighted by molar-refractivity contribution is -0.150. The van der Waals surface area contributed by atoms with Crippen LogP contribution in [0.1, 0.15) is 12.8 Å². The number of thioether (sulfide) groups is 1. The van der Waals surface area contributed by atoms with Gasteiger partial charge in [-0.2, -0.15) is 0 Å². The number of nitrogens with one attached hydrogen (secondary N) is 1. The van der Waals surface area contributed by atoms with Gasteiger partial charge in [-0.25, -0.2) is 9.59 Å². The van der Waals surface area contributed by atoms with Crippen LogP contribution in [0.3, 0.4) is 0 Å². The van der Waals surface area contributed by atoms with Crippen molar-refractivity contribution in [2.75, 3.05) is 18.8 Å². The van der Waals surface area contributed by atoms with E-state index in [-0.39, 0.29) is 11.9 Å². The molecule has 1 aliphatic carbocycles. The maximum Gasteiger partial charge on any atom is 0.327 e. The van der Waals surface area contributed by atoms with E-state index in [1.807, 2.05) is 0 Å². The molecule has 0 spiro atoms. The Kier molecular flexibility index (Phi) is 3.52. The summed E-state index contributed by atoms with van der Waals surface area (Å²) in [6.07, 6.45) is 1.97. The van der Waals surface area contributed by atoms with Crippen LogP contribution in [0.5, 0.6) is 0 Å². The van der Waals surface area contributed by atoms with E-state index in [0.717, 1.165) is 17.7 Å². The van der Waals surface area contributed by atoms with Gasteiger partial charge in [0, 0.05) is 5.75 Å². The Bertz CT molecular complexity index is 505. The van der Waals surface area contributed by atoms with Crippen molar-refractivity contribution in [2.24, 2.45) is 5.92 Å². The summed E-state index contributed by atoms with van der Waals surface area (Å²) in [5.41, 5.74) is 0. The Balaban J connectivity index is 1.75. The Morgan fingerprint density at radius 1 is 1.33 bits per heavy atom. The van der Waals surface area contributed by atoms with E-state index in [4.69, 9.17) is 0 Å². The number of carboxylic acid groups (broad SMARTS) is 1. The van der Waals surface area contributed by atoms with Gasteiger partial charge in [-0.05, 0) is 18.8 Å². The van der Waals surface area contributed by atoms with E-state index in [9.17, 15) is 24.3 Å². The van der Waals surface area contributed by atoms with E-state index in [1.54, 1.807) is 0 Å². The smallest absolute Gasteiger partial charge is 0.327 e. The average Bonchev–Trinajstić information content (AvgIpc) is 3.11. The monoisotopic (exact) mass is 313 g/mol. The fraction of sp³-hybridized carbons (Fsp3) is 0.667. The average molecular weight is 313 g/mol. The molecule has 4 amide bonds. The molecule has 3 rings (SSSR count). The van der Waals surface area contributed by atoms with Crippen LogP contribution in [-0.4, -0.2) is 69.0 Å². The molecule has 2 atom stereocenters. The highest BCUT2D eigenvalue weighted by molar-refractivity contribution is 8.00. The highest BCUT2D eigenvalue weighted by Gasteiger charge is 2.48. The number of carboxylic acids is 1. The number of amides is 4. The molecule has 114 valence electrons. The van der Waals surface area contributed by atoms with Gasteiger partial charge in [0.15, 0.2) is 0 Å². The van der Waals surface area contributed by atoms with Crippen LogP contribution in [0.25, 0.3) is 0 Å². The summed E-state index contributed by atoms with van der Waals surface area (Å²) in [5, 5.41) is 11.4. The highest BCUT2D eigenvalue weighted by atomic mass is 32.2. The topological polar surface area (TPSA) is 107 Å². The number of hydrogen-bond acceptors (Lipinski definition) is 5. The van der Waals surface area contributed by atoms with Gasteiger partial charge >= 0.3 is 12.0 Å². The first-order valence-electron chi connectivity index (χ1n) is 6.73. The Hall–Kier alpha value is -1.77. The third-order valence-electron chi connectivity index (χ3n) is 3.86. The van der Waals surface area contributed by atoms with Crippen molar-refractivity contribution in [1.82, 2.24) is 15.1 Å². The molecule has 0 aromatic heterocycles. The Labute approximate surface area is 124 Å². The normalized spacial score (nSPS) is 29.0. The van der Waals surface area contributed by atoms with E-state index < -0.39 is 36.4 Å². The minimum absolute atomic E-state index is 0.116. The summed E-state index contributed by atoms with van der Waals surface area (Å²) < 4.78 is 0. The number of hydrogen-bond donors (Lipinski definition) is 2. The van der Waals surface area contributed by atoms with Gasteiger partial charge in [-0.1, -0.05) is 0 Å². The second-order valence-corrected chi connectivity index (χ2v) is 6.50. The molecular formula is C12H15N3O5S. The fourth-order valence-electron chi connectivity index (χ4n) is 2.61. The van der Waals surface area contributed by atoms with E-state index in [1.165, 1.54) is 16.7 Å². The summed E-state index contributed by atoms with van der Waals surface area (Å²) in [7, 11) is 0. The van der Waals surface area contributed by atoms with E-state index in [2.05, 4.69) is 5.32 Å². The zero-order valence-corrected chi connectivity index (χ0v) is 12.0. The third-order valence-corrected chi connectivity index (χ3v) is 5.33. The molecule has 0 bridgehead atoms. The summed E-state index contributed by atoms with van der Waals surface area (Å²) in [5.74, 6) is -1.31. The molecule has 2 heterocycles. The number of carbonyl (C=O) groups excluding carboxylic acids is 3. The largest absolute Gasteiger partial charge is 0.480 e. The van der Waals surface area contributed by atoms with Crippen LogP contribution >= 0.6 is 11.8 Å². The molecule has 1 saturated carbocycles. The van der Waals surface area contributed by atoms with Crippen molar-refractivity contribution in [3.63, 3.8) is 0 Å². The minimum atomic E-state index is -1.05. The molecule has 2 aliphatic heterocycles. The number of imide groups is 1. The summed E-state index contributed by atoms with van der Waals surface area (Å²) in [6, 6.07) is -1.48. The van der Waals surface area contributed by atoms with Gasteiger partial charge in [0.2, 0.25) is 5.91 Å². The van der Waals surface area contributed by atoms with Crippen molar-refractivity contribution < 1.29 is 24.3 Å². The molecular weight excluding hydrogens is 298 g/mol. The quantitative estimate of drug-likeness (QED) is 0.665. The molecule has 0 aromatic carbocycles. The summed E-state index contributed by atoms with van der Waals surface area (Å²) in [4.78, 5) is 48.9. The molecule has 2 saturated heterocycles. The lowest BCUT2D eigenvalue weighted by atomic mass is 10.2. The molecule has 0 aromatic rings. The van der Waals surface area contributed by atoms with Crippen molar-refractivity contribution in [1.29, 1.82) is 0 Å².